The third kappa shape index (κ3) is 8.29. The van der Waals surface area contributed by atoms with Crippen LogP contribution in [0.1, 0.15) is 5.56 Å². The summed E-state index contributed by atoms with van der Waals surface area (Å²) in [6.45, 7) is -2.47. The Kier molecular flexibility index (Phi) is 6.25. The first-order valence-corrected chi connectivity index (χ1v) is 6.21. The van der Waals surface area contributed by atoms with E-state index in [0.717, 1.165) is 0 Å². The molecule has 0 radical (unpaired) electrons. The number of amides is 1. The van der Waals surface area contributed by atoms with Gasteiger partial charge in [-0.2, -0.15) is 26.3 Å². The van der Waals surface area contributed by atoms with Gasteiger partial charge in [0.2, 0.25) is 5.91 Å². The molecule has 0 heterocycles. The van der Waals surface area contributed by atoms with Crippen LogP contribution in [0.2, 0.25) is 0 Å². The second-order valence-corrected chi connectivity index (χ2v) is 4.56. The highest BCUT2D eigenvalue weighted by Crippen LogP contribution is 2.28. The van der Waals surface area contributed by atoms with E-state index in [1.165, 1.54) is 18.2 Å². The molecule has 0 saturated carbocycles. The molecule has 0 saturated heterocycles. The van der Waals surface area contributed by atoms with Crippen molar-refractivity contribution in [1.29, 1.82) is 0 Å². The summed E-state index contributed by atoms with van der Waals surface area (Å²) in [6, 6.07) is 4.03. The summed E-state index contributed by atoms with van der Waals surface area (Å²) < 4.78 is 80.9. The van der Waals surface area contributed by atoms with Gasteiger partial charge in [0, 0.05) is 0 Å². The van der Waals surface area contributed by atoms with Crippen LogP contribution in [0.15, 0.2) is 18.2 Å². The van der Waals surface area contributed by atoms with E-state index in [9.17, 15) is 31.1 Å². The Morgan fingerprint density at radius 1 is 1.09 bits per heavy atom. The number of hydrogen-bond acceptors (Lipinski definition) is 3. The van der Waals surface area contributed by atoms with Gasteiger partial charge in [-0.05, 0) is 24.6 Å². The number of carbonyl (C=O) groups is 1. The van der Waals surface area contributed by atoms with Crippen molar-refractivity contribution in [3.63, 3.8) is 0 Å². The number of aryl methyl sites for hydroxylation is 1. The van der Waals surface area contributed by atoms with E-state index in [1.807, 2.05) is 0 Å². The van der Waals surface area contributed by atoms with Crippen molar-refractivity contribution in [2.75, 3.05) is 25.1 Å². The first kappa shape index (κ1) is 19.1. The molecule has 0 aliphatic carbocycles. The molecule has 4 nitrogen and oxygen atoms in total. The van der Waals surface area contributed by atoms with Crippen LogP contribution in [0.3, 0.4) is 0 Å². The zero-order chi connectivity index (χ0) is 17.7. The van der Waals surface area contributed by atoms with Crippen LogP contribution in [-0.4, -0.2) is 38.1 Å². The second kappa shape index (κ2) is 7.53. The minimum Gasteiger partial charge on any atom is -0.482 e. The molecule has 0 fully saturated rings. The fourth-order valence-electron chi connectivity index (χ4n) is 1.46. The molecule has 1 N–H and O–H groups in total. The maximum absolute atomic E-state index is 12.2. The zero-order valence-electron chi connectivity index (χ0n) is 11.8. The molecule has 10 heteroatoms. The van der Waals surface area contributed by atoms with Crippen molar-refractivity contribution in [1.82, 2.24) is 0 Å². The Bertz CT molecular complexity index is 541. The van der Waals surface area contributed by atoms with Crippen LogP contribution < -0.4 is 10.1 Å². The first-order chi connectivity index (χ1) is 10.5. The molecule has 1 aromatic carbocycles. The minimum absolute atomic E-state index is 0.0968. The molecule has 0 spiro atoms. The van der Waals surface area contributed by atoms with Crippen LogP contribution >= 0.6 is 0 Å². The van der Waals surface area contributed by atoms with E-state index in [1.54, 1.807) is 6.92 Å². The Labute approximate surface area is 127 Å². The van der Waals surface area contributed by atoms with E-state index in [2.05, 4.69) is 14.8 Å². The standard InChI is InChI=1S/C13H13F6NO3/c1-8-2-3-9(10(4-8)23-7-13(17,18)19)20-11(21)5-22-6-12(14,15)16/h2-4H,5-7H2,1H3,(H,20,21). The lowest BCUT2D eigenvalue weighted by molar-refractivity contribution is -0.174. The molecule has 23 heavy (non-hydrogen) atoms. The number of anilines is 1. The average Bonchev–Trinajstić information content (AvgIpc) is 2.36. The molecule has 0 aliphatic heterocycles. The predicted octanol–water partition coefficient (Wildman–Crippen LogP) is 3.45. The van der Waals surface area contributed by atoms with Gasteiger partial charge in [0.15, 0.2) is 6.61 Å². The monoisotopic (exact) mass is 345 g/mol. The molecule has 0 aliphatic rings. The molecule has 0 atom stereocenters. The quantitative estimate of drug-likeness (QED) is 0.804. The van der Waals surface area contributed by atoms with Gasteiger partial charge >= 0.3 is 12.4 Å². The summed E-state index contributed by atoms with van der Waals surface area (Å²) in [5.74, 6) is -1.19. The van der Waals surface area contributed by atoms with E-state index in [0.29, 0.717) is 5.56 Å². The van der Waals surface area contributed by atoms with Crippen molar-refractivity contribution in [2.45, 2.75) is 19.3 Å². The summed E-state index contributed by atoms with van der Waals surface area (Å²) in [6.07, 6.45) is -9.15. The summed E-state index contributed by atoms with van der Waals surface area (Å²) in [5, 5.41) is 2.14. The van der Waals surface area contributed by atoms with E-state index >= 15 is 0 Å². The van der Waals surface area contributed by atoms with Gasteiger partial charge < -0.3 is 14.8 Å². The minimum atomic E-state index is -4.58. The SMILES string of the molecule is Cc1ccc(NC(=O)COCC(F)(F)F)c(OCC(F)(F)F)c1. The van der Waals surface area contributed by atoms with E-state index in [4.69, 9.17) is 0 Å². The van der Waals surface area contributed by atoms with Crippen LogP contribution in [0, 0.1) is 6.92 Å². The third-order valence-corrected chi connectivity index (χ3v) is 2.30. The zero-order valence-corrected chi connectivity index (χ0v) is 11.8. The molecule has 1 rings (SSSR count). The van der Waals surface area contributed by atoms with Gasteiger partial charge in [0.05, 0.1) is 5.69 Å². The number of nitrogens with one attached hydrogen (secondary N) is 1. The first-order valence-electron chi connectivity index (χ1n) is 6.21. The Hall–Kier alpha value is -1.97. The molecule has 0 unspecified atom stereocenters. The van der Waals surface area contributed by atoms with Crippen LogP contribution in [0.4, 0.5) is 32.0 Å². The van der Waals surface area contributed by atoms with Gasteiger partial charge in [-0.15, -0.1) is 0 Å². The van der Waals surface area contributed by atoms with Crippen LogP contribution in [0.5, 0.6) is 5.75 Å². The lowest BCUT2D eigenvalue weighted by atomic mass is 10.2. The highest BCUT2D eigenvalue weighted by molar-refractivity contribution is 5.93. The van der Waals surface area contributed by atoms with Gasteiger partial charge in [0.1, 0.15) is 19.0 Å². The summed E-state index contributed by atoms with van der Waals surface area (Å²) in [5.41, 5.74) is 0.481. The van der Waals surface area contributed by atoms with Crippen LogP contribution in [0.25, 0.3) is 0 Å². The normalized spacial score (nSPS) is 12.1. The summed E-state index contributed by atoms with van der Waals surface area (Å²) in [4.78, 5) is 11.5. The molecular weight excluding hydrogens is 332 g/mol. The predicted molar refractivity (Wildman–Crippen MR) is 68.2 cm³/mol. The summed E-state index contributed by atoms with van der Waals surface area (Å²) in [7, 11) is 0. The average molecular weight is 345 g/mol. The summed E-state index contributed by atoms with van der Waals surface area (Å²) >= 11 is 0. The van der Waals surface area contributed by atoms with Gasteiger partial charge in [-0.3, -0.25) is 4.79 Å². The molecule has 0 bridgehead atoms. The number of halogens is 6. The Morgan fingerprint density at radius 3 is 2.26 bits per heavy atom. The topological polar surface area (TPSA) is 47.6 Å². The lowest BCUT2D eigenvalue weighted by Crippen LogP contribution is -2.24. The lowest BCUT2D eigenvalue weighted by Gasteiger charge is -2.15. The number of benzene rings is 1. The van der Waals surface area contributed by atoms with Gasteiger partial charge in [0.25, 0.3) is 0 Å². The van der Waals surface area contributed by atoms with Gasteiger partial charge in [-0.25, -0.2) is 0 Å². The maximum Gasteiger partial charge on any atom is 0.422 e. The maximum atomic E-state index is 12.2. The van der Waals surface area contributed by atoms with Crippen molar-refractivity contribution < 1.29 is 40.6 Å². The van der Waals surface area contributed by atoms with Crippen molar-refractivity contribution in [2.24, 2.45) is 0 Å². The Balaban J connectivity index is 2.66. The van der Waals surface area contributed by atoms with E-state index in [-0.39, 0.29) is 11.4 Å². The van der Waals surface area contributed by atoms with Crippen molar-refractivity contribution in [3.8, 4) is 5.75 Å². The number of rotatable bonds is 6. The second-order valence-electron chi connectivity index (χ2n) is 4.56. The highest BCUT2D eigenvalue weighted by Gasteiger charge is 2.29. The number of alkyl halides is 6. The van der Waals surface area contributed by atoms with Crippen molar-refractivity contribution >= 4 is 11.6 Å². The van der Waals surface area contributed by atoms with Gasteiger partial charge in [-0.1, -0.05) is 6.07 Å². The smallest absolute Gasteiger partial charge is 0.422 e. The third-order valence-electron chi connectivity index (χ3n) is 2.30. The largest absolute Gasteiger partial charge is 0.482 e. The number of hydrogen-bond donors (Lipinski definition) is 1. The van der Waals surface area contributed by atoms with Crippen LogP contribution in [-0.2, 0) is 9.53 Å². The molecule has 0 aromatic heterocycles. The number of ether oxygens (including phenoxy) is 2. The molecule has 130 valence electrons. The Morgan fingerprint density at radius 2 is 1.70 bits per heavy atom. The molecule has 1 amide bonds. The highest BCUT2D eigenvalue weighted by atomic mass is 19.4. The molecular formula is C13H13F6NO3. The fourth-order valence-corrected chi connectivity index (χ4v) is 1.46. The fraction of sp³-hybridized carbons (Fsp3) is 0.462. The van der Waals surface area contributed by atoms with Crippen molar-refractivity contribution in [3.05, 3.63) is 23.8 Å². The molecule has 1 aromatic rings. The number of carbonyl (C=O) groups excluding carboxylic acids is 1. The van der Waals surface area contributed by atoms with E-state index < -0.39 is 38.1 Å².